The fraction of sp³-hybridized carbons (Fsp3) is 0.333. The SMILES string of the molecule is O=C(O)[C@@H]1[C@@H](C(=O)O)C2(c3ccccc3)C=C(Cl)C1(Cl)[C@H](C(=O)O)[C@@H]2C(=O)O. The molecule has 0 heterocycles. The molecule has 1 fully saturated rings. The van der Waals surface area contributed by atoms with E-state index < -0.39 is 62.9 Å². The second-order valence-corrected chi connectivity index (χ2v) is 7.86. The maximum Gasteiger partial charge on any atom is 0.309 e. The molecule has 0 amide bonds. The average Bonchev–Trinajstić information content (AvgIpc) is 2.61. The standard InChI is InChI=1S/C18H14Cl2O8/c19-8-6-17(7-4-2-1-3-5-7)9(13(21)22)11(15(25)26)18(8,20)12(16(27)28)10(17)14(23)24/h1-6,9-12H,(H,21,22)(H,23,24)(H,25,26)(H,27,28)/t9-,10+,11-,12-,17?,18?/m0/s1. The highest BCUT2D eigenvalue weighted by Crippen LogP contribution is 2.66. The summed E-state index contributed by atoms with van der Waals surface area (Å²) < 4.78 is 0. The summed E-state index contributed by atoms with van der Waals surface area (Å²) in [4.78, 5) is 46.1. The first kappa shape index (κ1) is 20.2. The normalized spacial score (nSPS) is 36.4. The molecular formula is C18H14Cl2O8. The largest absolute Gasteiger partial charge is 0.481 e. The van der Waals surface area contributed by atoms with Gasteiger partial charge in [-0.1, -0.05) is 48.0 Å². The summed E-state index contributed by atoms with van der Waals surface area (Å²) >= 11 is 12.6. The molecule has 8 nitrogen and oxygen atoms in total. The van der Waals surface area contributed by atoms with Crippen LogP contribution in [0.15, 0.2) is 41.4 Å². The molecule has 148 valence electrons. The highest BCUT2D eigenvalue weighted by Gasteiger charge is 2.76. The molecule has 0 radical (unpaired) electrons. The molecule has 28 heavy (non-hydrogen) atoms. The molecule has 3 aliphatic carbocycles. The fourth-order valence-electron chi connectivity index (χ4n) is 4.73. The maximum absolute atomic E-state index is 12.2. The van der Waals surface area contributed by atoms with Gasteiger partial charge < -0.3 is 20.4 Å². The number of alkyl halides is 1. The molecule has 0 saturated heterocycles. The van der Waals surface area contributed by atoms with Gasteiger partial charge in [0.05, 0.1) is 23.7 Å². The average molecular weight is 429 g/mol. The maximum atomic E-state index is 12.2. The molecule has 2 unspecified atom stereocenters. The topological polar surface area (TPSA) is 149 Å². The zero-order valence-electron chi connectivity index (χ0n) is 14.0. The van der Waals surface area contributed by atoms with Crippen molar-refractivity contribution in [2.75, 3.05) is 0 Å². The predicted octanol–water partition coefficient (Wildman–Crippen LogP) is 1.86. The molecule has 3 aliphatic rings. The van der Waals surface area contributed by atoms with Crippen LogP contribution in [0.5, 0.6) is 0 Å². The van der Waals surface area contributed by atoms with Crippen molar-refractivity contribution in [1.29, 1.82) is 0 Å². The molecule has 0 aliphatic heterocycles. The number of allylic oxidation sites excluding steroid dienone is 2. The lowest BCUT2D eigenvalue weighted by Gasteiger charge is -2.60. The predicted molar refractivity (Wildman–Crippen MR) is 95.1 cm³/mol. The third-order valence-corrected chi connectivity index (χ3v) is 6.86. The zero-order valence-corrected chi connectivity index (χ0v) is 15.5. The van der Waals surface area contributed by atoms with Gasteiger partial charge in [-0.3, -0.25) is 19.2 Å². The van der Waals surface area contributed by atoms with Crippen LogP contribution in [0.1, 0.15) is 5.56 Å². The Morgan fingerprint density at radius 3 is 1.50 bits per heavy atom. The molecule has 4 N–H and O–H groups in total. The first-order valence-corrected chi connectivity index (χ1v) is 8.81. The number of hydrogen-bond acceptors (Lipinski definition) is 4. The molecular weight excluding hydrogens is 415 g/mol. The minimum atomic E-state index is -2.43. The van der Waals surface area contributed by atoms with Crippen LogP contribution in [-0.4, -0.2) is 49.2 Å². The number of hydrogen-bond donors (Lipinski definition) is 4. The summed E-state index contributed by atoms with van der Waals surface area (Å²) in [6.07, 6.45) is 1.10. The summed E-state index contributed by atoms with van der Waals surface area (Å²) in [6, 6.07) is 7.43. The molecule has 0 aromatic heterocycles. The van der Waals surface area contributed by atoms with E-state index in [4.69, 9.17) is 23.2 Å². The van der Waals surface area contributed by atoms with Gasteiger partial charge in [0.25, 0.3) is 0 Å². The number of benzene rings is 1. The van der Waals surface area contributed by atoms with Gasteiger partial charge in [-0.15, -0.1) is 11.6 Å². The Kier molecular flexibility index (Phi) is 4.68. The number of fused-ring (bicyclic) bond motifs is 2. The van der Waals surface area contributed by atoms with Gasteiger partial charge in [0.2, 0.25) is 0 Å². The van der Waals surface area contributed by atoms with Gasteiger partial charge in [-0.2, -0.15) is 0 Å². The van der Waals surface area contributed by atoms with Crippen LogP contribution < -0.4 is 0 Å². The second-order valence-electron chi connectivity index (χ2n) is 6.82. The smallest absolute Gasteiger partial charge is 0.309 e. The van der Waals surface area contributed by atoms with Crippen LogP contribution in [-0.2, 0) is 24.6 Å². The van der Waals surface area contributed by atoms with Crippen molar-refractivity contribution in [3.63, 3.8) is 0 Å². The molecule has 1 saturated carbocycles. The summed E-state index contributed by atoms with van der Waals surface area (Å²) in [6.45, 7) is 0. The van der Waals surface area contributed by atoms with Gasteiger partial charge in [0.1, 0.15) is 4.87 Å². The molecule has 4 rings (SSSR count). The van der Waals surface area contributed by atoms with Crippen molar-refractivity contribution in [2.45, 2.75) is 10.3 Å². The number of rotatable bonds is 5. The van der Waals surface area contributed by atoms with E-state index in [0.29, 0.717) is 0 Å². The van der Waals surface area contributed by atoms with Crippen molar-refractivity contribution in [3.8, 4) is 0 Å². The van der Waals surface area contributed by atoms with Crippen molar-refractivity contribution >= 4 is 47.1 Å². The Morgan fingerprint density at radius 2 is 1.14 bits per heavy atom. The Balaban J connectivity index is 2.52. The molecule has 2 bridgehead atoms. The third-order valence-electron chi connectivity index (χ3n) is 5.67. The minimum absolute atomic E-state index is 0.129. The summed E-state index contributed by atoms with van der Waals surface area (Å²) in [5.74, 6) is -14.2. The first-order chi connectivity index (χ1) is 13.0. The molecule has 1 aromatic carbocycles. The second kappa shape index (κ2) is 6.49. The van der Waals surface area contributed by atoms with Crippen LogP contribution in [0.3, 0.4) is 0 Å². The van der Waals surface area contributed by atoms with Crippen molar-refractivity contribution < 1.29 is 39.6 Å². The van der Waals surface area contributed by atoms with Gasteiger partial charge in [0, 0.05) is 10.4 Å². The zero-order chi connectivity index (χ0) is 21.0. The monoisotopic (exact) mass is 428 g/mol. The number of carboxylic acids is 4. The lowest BCUT2D eigenvalue weighted by atomic mass is 9.43. The van der Waals surface area contributed by atoms with Crippen LogP contribution in [0, 0.1) is 23.7 Å². The first-order valence-electron chi connectivity index (χ1n) is 8.05. The van der Waals surface area contributed by atoms with Crippen LogP contribution in [0.4, 0.5) is 0 Å². The van der Waals surface area contributed by atoms with Crippen LogP contribution >= 0.6 is 23.2 Å². The highest BCUT2D eigenvalue weighted by molar-refractivity contribution is 6.42. The Morgan fingerprint density at radius 1 is 0.750 bits per heavy atom. The Hall–Kier alpha value is -2.58. The number of carboxylic acid groups (broad SMARTS) is 4. The van der Waals surface area contributed by atoms with E-state index in [9.17, 15) is 39.6 Å². The van der Waals surface area contributed by atoms with Crippen molar-refractivity contribution in [3.05, 3.63) is 47.0 Å². The van der Waals surface area contributed by atoms with E-state index in [2.05, 4.69) is 0 Å². The van der Waals surface area contributed by atoms with E-state index in [1.54, 1.807) is 6.07 Å². The lowest BCUT2D eigenvalue weighted by molar-refractivity contribution is -0.179. The van der Waals surface area contributed by atoms with E-state index in [1.807, 2.05) is 0 Å². The van der Waals surface area contributed by atoms with Crippen molar-refractivity contribution in [2.24, 2.45) is 23.7 Å². The number of carbonyl (C=O) groups is 4. The minimum Gasteiger partial charge on any atom is -0.481 e. The highest BCUT2D eigenvalue weighted by atomic mass is 35.5. The molecule has 6 atom stereocenters. The molecule has 10 heteroatoms. The quantitative estimate of drug-likeness (QED) is 0.518. The van der Waals surface area contributed by atoms with Gasteiger partial charge in [0.15, 0.2) is 0 Å². The number of aliphatic carboxylic acids is 4. The van der Waals surface area contributed by atoms with Crippen molar-refractivity contribution in [1.82, 2.24) is 0 Å². The summed E-state index contributed by atoms with van der Waals surface area (Å²) in [7, 11) is 0. The fourth-order valence-corrected chi connectivity index (χ4v) is 5.64. The van der Waals surface area contributed by atoms with E-state index in [1.165, 1.54) is 24.3 Å². The van der Waals surface area contributed by atoms with E-state index in [-0.39, 0.29) is 5.56 Å². The summed E-state index contributed by atoms with van der Waals surface area (Å²) in [5.41, 5.74) is -1.90. The summed E-state index contributed by atoms with van der Waals surface area (Å²) in [5, 5.41) is 38.9. The van der Waals surface area contributed by atoms with E-state index >= 15 is 0 Å². The third kappa shape index (κ3) is 2.37. The molecule has 0 spiro atoms. The van der Waals surface area contributed by atoms with Gasteiger partial charge >= 0.3 is 23.9 Å². The van der Waals surface area contributed by atoms with Crippen LogP contribution in [0.25, 0.3) is 0 Å². The van der Waals surface area contributed by atoms with Crippen LogP contribution in [0.2, 0.25) is 0 Å². The Bertz CT molecular complexity index is 869. The lowest BCUT2D eigenvalue weighted by Crippen LogP contribution is -2.72. The van der Waals surface area contributed by atoms with Gasteiger partial charge in [-0.25, -0.2) is 0 Å². The van der Waals surface area contributed by atoms with Gasteiger partial charge in [-0.05, 0) is 5.56 Å². The number of halogens is 2. The van der Waals surface area contributed by atoms with E-state index in [0.717, 1.165) is 6.08 Å². The Labute approximate surface area is 168 Å². The molecule has 1 aromatic rings.